The van der Waals surface area contributed by atoms with Crippen LogP contribution in [0.1, 0.15) is 5.56 Å². The maximum Gasteiger partial charge on any atom is 0.243 e. The standard InChI is InChI=1S/C16H16N2O3/c1-11-3-2-4-13(7-11)18-16(19)9-17-12-5-6-14-15(8-12)21-10-20-14/h2-8,17H,9-10H2,1H3,(H,18,19). The van der Waals surface area contributed by atoms with Crippen LogP contribution in [0.15, 0.2) is 42.5 Å². The van der Waals surface area contributed by atoms with Crippen molar-refractivity contribution in [3.8, 4) is 11.5 Å². The van der Waals surface area contributed by atoms with Crippen molar-refractivity contribution in [3.63, 3.8) is 0 Å². The Hall–Kier alpha value is -2.69. The average Bonchev–Trinajstić information content (AvgIpc) is 2.92. The fourth-order valence-corrected chi connectivity index (χ4v) is 2.12. The van der Waals surface area contributed by atoms with Gasteiger partial charge in [0, 0.05) is 17.4 Å². The second-order valence-corrected chi connectivity index (χ2v) is 4.84. The molecular weight excluding hydrogens is 268 g/mol. The first-order chi connectivity index (χ1) is 10.2. The van der Waals surface area contributed by atoms with E-state index in [0.29, 0.717) is 5.75 Å². The van der Waals surface area contributed by atoms with Gasteiger partial charge in [-0.2, -0.15) is 0 Å². The Morgan fingerprint density at radius 3 is 2.81 bits per heavy atom. The maximum atomic E-state index is 11.9. The van der Waals surface area contributed by atoms with Crippen LogP contribution in [0, 0.1) is 6.92 Å². The zero-order valence-electron chi connectivity index (χ0n) is 11.7. The van der Waals surface area contributed by atoms with Gasteiger partial charge in [-0.3, -0.25) is 4.79 Å². The molecule has 0 radical (unpaired) electrons. The van der Waals surface area contributed by atoms with Gasteiger partial charge in [0.2, 0.25) is 12.7 Å². The van der Waals surface area contributed by atoms with Gasteiger partial charge >= 0.3 is 0 Å². The molecule has 0 saturated carbocycles. The Morgan fingerprint density at radius 2 is 1.95 bits per heavy atom. The van der Waals surface area contributed by atoms with Gasteiger partial charge in [-0.1, -0.05) is 12.1 Å². The van der Waals surface area contributed by atoms with Crippen LogP contribution in [-0.2, 0) is 4.79 Å². The maximum absolute atomic E-state index is 11.9. The summed E-state index contributed by atoms with van der Waals surface area (Å²) in [5, 5.41) is 5.91. The van der Waals surface area contributed by atoms with Crippen molar-refractivity contribution >= 4 is 17.3 Å². The molecule has 1 aliphatic rings. The number of ether oxygens (including phenoxy) is 2. The van der Waals surface area contributed by atoms with Gasteiger partial charge in [-0.05, 0) is 36.8 Å². The molecule has 5 heteroatoms. The molecule has 0 unspecified atom stereocenters. The molecule has 108 valence electrons. The van der Waals surface area contributed by atoms with Gasteiger partial charge in [0.25, 0.3) is 0 Å². The van der Waals surface area contributed by atoms with Crippen molar-refractivity contribution in [2.45, 2.75) is 6.92 Å². The average molecular weight is 284 g/mol. The third-order valence-corrected chi connectivity index (χ3v) is 3.13. The van der Waals surface area contributed by atoms with Gasteiger partial charge in [0.1, 0.15) is 0 Å². The molecule has 0 saturated heterocycles. The van der Waals surface area contributed by atoms with E-state index in [2.05, 4.69) is 10.6 Å². The molecule has 0 atom stereocenters. The number of carbonyl (C=O) groups is 1. The normalized spacial score (nSPS) is 12.0. The van der Waals surface area contributed by atoms with Gasteiger partial charge in [-0.25, -0.2) is 0 Å². The number of benzene rings is 2. The van der Waals surface area contributed by atoms with Crippen molar-refractivity contribution in [1.29, 1.82) is 0 Å². The predicted octanol–water partition coefficient (Wildman–Crippen LogP) is 2.77. The zero-order valence-corrected chi connectivity index (χ0v) is 11.7. The molecule has 3 rings (SSSR count). The highest BCUT2D eigenvalue weighted by atomic mass is 16.7. The van der Waals surface area contributed by atoms with Crippen LogP contribution < -0.4 is 20.1 Å². The van der Waals surface area contributed by atoms with Crippen LogP contribution in [0.3, 0.4) is 0 Å². The van der Waals surface area contributed by atoms with Gasteiger partial charge < -0.3 is 20.1 Å². The lowest BCUT2D eigenvalue weighted by atomic mass is 10.2. The summed E-state index contributed by atoms with van der Waals surface area (Å²) in [5.41, 5.74) is 2.72. The smallest absolute Gasteiger partial charge is 0.243 e. The number of aryl methyl sites for hydroxylation is 1. The fraction of sp³-hybridized carbons (Fsp3) is 0.188. The van der Waals surface area contributed by atoms with E-state index in [-0.39, 0.29) is 19.2 Å². The molecule has 2 aromatic carbocycles. The summed E-state index contributed by atoms with van der Waals surface area (Å²) in [6.45, 7) is 2.42. The molecule has 2 N–H and O–H groups in total. The Labute approximate surface area is 122 Å². The third-order valence-electron chi connectivity index (χ3n) is 3.13. The van der Waals surface area contributed by atoms with Gasteiger partial charge in [-0.15, -0.1) is 0 Å². The van der Waals surface area contributed by atoms with E-state index in [1.165, 1.54) is 0 Å². The van der Waals surface area contributed by atoms with E-state index in [0.717, 1.165) is 22.7 Å². The second kappa shape index (κ2) is 5.75. The van der Waals surface area contributed by atoms with Crippen molar-refractivity contribution in [2.75, 3.05) is 24.0 Å². The summed E-state index contributed by atoms with van der Waals surface area (Å²) in [7, 11) is 0. The Balaban J connectivity index is 1.56. The number of rotatable bonds is 4. The number of hydrogen-bond acceptors (Lipinski definition) is 4. The molecule has 1 heterocycles. The summed E-state index contributed by atoms with van der Waals surface area (Å²) in [4.78, 5) is 11.9. The molecule has 0 spiro atoms. The number of hydrogen-bond donors (Lipinski definition) is 2. The molecule has 1 amide bonds. The van der Waals surface area contributed by atoms with E-state index in [4.69, 9.17) is 9.47 Å². The van der Waals surface area contributed by atoms with Crippen LogP contribution in [0.5, 0.6) is 11.5 Å². The van der Waals surface area contributed by atoms with Crippen molar-refractivity contribution in [2.24, 2.45) is 0 Å². The van der Waals surface area contributed by atoms with Crippen LogP contribution in [0.4, 0.5) is 11.4 Å². The van der Waals surface area contributed by atoms with E-state index < -0.39 is 0 Å². The number of amides is 1. The van der Waals surface area contributed by atoms with Crippen molar-refractivity contribution in [1.82, 2.24) is 0 Å². The molecule has 0 aliphatic carbocycles. The predicted molar refractivity (Wildman–Crippen MR) is 80.9 cm³/mol. The van der Waals surface area contributed by atoms with Crippen LogP contribution >= 0.6 is 0 Å². The van der Waals surface area contributed by atoms with Gasteiger partial charge in [0.15, 0.2) is 11.5 Å². The Kier molecular flexibility index (Phi) is 3.64. The van der Waals surface area contributed by atoms with Gasteiger partial charge in [0.05, 0.1) is 6.54 Å². The molecule has 2 aromatic rings. The number of anilines is 2. The highest BCUT2D eigenvalue weighted by Crippen LogP contribution is 2.34. The lowest BCUT2D eigenvalue weighted by molar-refractivity contribution is -0.114. The second-order valence-electron chi connectivity index (χ2n) is 4.84. The minimum Gasteiger partial charge on any atom is -0.454 e. The van der Waals surface area contributed by atoms with Crippen molar-refractivity contribution < 1.29 is 14.3 Å². The summed E-state index contributed by atoms with van der Waals surface area (Å²) >= 11 is 0. The van der Waals surface area contributed by atoms with E-state index >= 15 is 0 Å². The lowest BCUT2D eigenvalue weighted by Gasteiger charge is -2.09. The minimum absolute atomic E-state index is 0.0988. The zero-order chi connectivity index (χ0) is 14.7. The summed E-state index contributed by atoms with van der Waals surface area (Å²) in [6.07, 6.45) is 0. The molecule has 5 nitrogen and oxygen atoms in total. The topological polar surface area (TPSA) is 59.6 Å². The van der Waals surface area contributed by atoms with E-state index in [1.54, 1.807) is 0 Å². The number of carbonyl (C=O) groups excluding carboxylic acids is 1. The molecule has 0 aromatic heterocycles. The van der Waals surface area contributed by atoms with Crippen LogP contribution in [-0.4, -0.2) is 19.2 Å². The summed E-state index contributed by atoms with van der Waals surface area (Å²) < 4.78 is 10.5. The molecule has 21 heavy (non-hydrogen) atoms. The Bertz CT molecular complexity index is 670. The summed E-state index contributed by atoms with van der Waals surface area (Å²) in [5.74, 6) is 1.32. The highest BCUT2D eigenvalue weighted by Gasteiger charge is 2.13. The van der Waals surface area contributed by atoms with E-state index in [9.17, 15) is 4.79 Å². The lowest BCUT2D eigenvalue weighted by Crippen LogP contribution is -2.21. The van der Waals surface area contributed by atoms with Crippen LogP contribution in [0.25, 0.3) is 0 Å². The van der Waals surface area contributed by atoms with Crippen LogP contribution in [0.2, 0.25) is 0 Å². The number of fused-ring (bicyclic) bond motifs is 1. The highest BCUT2D eigenvalue weighted by molar-refractivity contribution is 5.93. The molecule has 1 aliphatic heterocycles. The first-order valence-electron chi connectivity index (χ1n) is 6.71. The molecule has 0 fully saturated rings. The summed E-state index contributed by atoms with van der Waals surface area (Å²) in [6, 6.07) is 13.2. The Morgan fingerprint density at radius 1 is 1.10 bits per heavy atom. The first kappa shape index (κ1) is 13.3. The number of nitrogens with one attached hydrogen (secondary N) is 2. The monoisotopic (exact) mass is 284 g/mol. The van der Waals surface area contributed by atoms with E-state index in [1.807, 2.05) is 49.4 Å². The third kappa shape index (κ3) is 3.25. The fourth-order valence-electron chi connectivity index (χ4n) is 2.12. The quantitative estimate of drug-likeness (QED) is 0.906. The SMILES string of the molecule is Cc1cccc(NC(=O)CNc2ccc3c(c2)OCO3)c1. The molecule has 0 bridgehead atoms. The first-order valence-corrected chi connectivity index (χ1v) is 6.71. The largest absolute Gasteiger partial charge is 0.454 e. The molecular formula is C16H16N2O3. The minimum atomic E-state index is -0.0988. The van der Waals surface area contributed by atoms with Crippen molar-refractivity contribution in [3.05, 3.63) is 48.0 Å².